The van der Waals surface area contributed by atoms with Gasteiger partial charge in [0.15, 0.2) is 0 Å². The molecule has 0 radical (unpaired) electrons. The summed E-state index contributed by atoms with van der Waals surface area (Å²) in [5.74, 6) is 0.0669. The standard InChI is InChI=1S/C9H19N3O/c1-10-9(13)7-12-8-3-2-5-11-6-4-8/h8,11-12H,2-7H2,1H3,(H,10,13). The first-order valence-electron chi connectivity index (χ1n) is 4.97. The lowest BCUT2D eigenvalue weighted by Gasteiger charge is -2.14. The maximum Gasteiger partial charge on any atom is 0.233 e. The van der Waals surface area contributed by atoms with E-state index in [1.54, 1.807) is 7.05 Å². The summed E-state index contributed by atoms with van der Waals surface area (Å²) in [4.78, 5) is 11.0. The SMILES string of the molecule is CNC(=O)CNC1CCCNCC1. The molecule has 1 amide bonds. The molecule has 1 fully saturated rings. The van der Waals surface area contributed by atoms with E-state index >= 15 is 0 Å². The summed E-state index contributed by atoms with van der Waals surface area (Å²) < 4.78 is 0. The predicted octanol–water partition coefficient (Wildman–Crippen LogP) is -0.536. The van der Waals surface area contributed by atoms with Crippen LogP contribution in [-0.2, 0) is 4.79 Å². The Balaban J connectivity index is 2.15. The minimum absolute atomic E-state index is 0.0669. The van der Waals surface area contributed by atoms with E-state index in [-0.39, 0.29) is 5.91 Å². The average molecular weight is 185 g/mol. The third-order valence-corrected chi connectivity index (χ3v) is 2.41. The van der Waals surface area contributed by atoms with Crippen molar-refractivity contribution in [3.63, 3.8) is 0 Å². The fraction of sp³-hybridized carbons (Fsp3) is 0.889. The molecule has 0 saturated carbocycles. The van der Waals surface area contributed by atoms with E-state index in [1.807, 2.05) is 0 Å². The van der Waals surface area contributed by atoms with Crippen LogP contribution in [0.25, 0.3) is 0 Å². The van der Waals surface area contributed by atoms with Crippen LogP contribution in [0.1, 0.15) is 19.3 Å². The van der Waals surface area contributed by atoms with Gasteiger partial charge >= 0.3 is 0 Å². The molecule has 0 aromatic carbocycles. The fourth-order valence-corrected chi connectivity index (χ4v) is 1.55. The summed E-state index contributed by atoms with van der Waals surface area (Å²) in [7, 11) is 1.67. The van der Waals surface area contributed by atoms with Gasteiger partial charge in [-0.25, -0.2) is 0 Å². The summed E-state index contributed by atoms with van der Waals surface area (Å²) in [5, 5.41) is 9.20. The highest BCUT2D eigenvalue weighted by molar-refractivity contribution is 5.77. The van der Waals surface area contributed by atoms with Crippen molar-refractivity contribution in [1.82, 2.24) is 16.0 Å². The third kappa shape index (κ3) is 4.24. The second kappa shape index (κ2) is 5.94. The smallest absolute Gasteiger partial charge is 0.233 e. The minimum Gasteiger partial charge on any atom is -0.358 e. The fourth-order valence-electron chi connectivity index (χ4n) is 1.55. The molecule has 1 saturated heterocycles. The summed E-state index contributed by atoms with van der Waals surface area (Å²) in [6.07, 6.45) is 3.49. The number of rotatable bonds is 3. The zero-order valence-electron chi connectivity index (χ0n) is 8.23. The Morgan fingerprint density at radius 2 is 2.31 bits per heavy atom. The Morgan fingerprint density at radius 1 is 1.46 bits per heavy atom. The van der Waals surface area contributed by atoms with E-state index in [1.165, 1.54) is 12.8 Å². The molecule has 0 bridgehead atoms. The number of hydrogen-bond donors (Lipinski definition) is 3. The quantitative estimate of drug-likeness (QED) is 0.554. The van der Waals surface area contributed by atoms with Gasteiger partial charge in [0.05, 0.1) is 6.54 Å². The Morgan fingerprint density at radius 3 is 3.08 bits per heavy atom. The first kappa shape index (κ1) is 10.5. The molecule has 3 N–H and O–H groups in total. The molecule has 1 atom stereocenters. The molecule has 0 aromatic rings. The Kier molecular flexibility index (Phi) is 4.78. The lowest BCUT2D eigenvalue weighted by molar-refractivity contribution is -0.119. The maximum atomic E-state index is 11.0. The molecule has 1 aliphatic heterocycles. The second-order valence-electron chi connectivity index (χ2n) is 3.43. The van der Waals surface area contributed by atoms with Crippen molar-refractivity contribution < 1.29 is 4.79 Å². The van der Waals surface area contributed by atoms with Gasteiger partial charge in [-0.1, -0.05) is 0 Å². The second-order valence-corrected chi connectivity index (χ2v) is 3.43. The van der Waals surface area contributed by atoms with Crippen LogP contribution in [0.3, 0.4) is 0 Å². The molecule has 1 unspecified atom stereocenters. The first-order chi connectivity index (χ1) is 6.33. The van der Waals surface area contributed by atoms with E-state index in [9.17, 15) is 4.79 Å². The summed E-state index contributed by atoms with van der Waals surface area (Å²) in [6, 6.07) is 0.507. The van der Waals surface area contributed by atoms with Crippen LogP contribution in [0.4, 0.5) is 0 Å². The first-order valence-corrected chi connectivity index (χ1v) is 4.97. The molecule has 1 rings (SSSR count). The number of amides is 1. The van der Waals surface area contributed by atoms with Crippen molar-refractivity contribution in [3.05, 3.63) is 0 Å². The van der Waals surface area contributed by atoms with Gasteiger partial charge in [0, 0.05) is 13.1 Å². The van der Waals surface area contributed by atoms with Crippen LogP contribution >= 0.6 is 0 Å². The molecule has 0 spiro atoms. The van der Waals surface area contributed by atoms with Crippen LogP contribution in [-0.4, -0.2) is 38.6 Å². The number of carbonyl (C=O) groups excluding carboxylic acids is 1. The highest BCUT2D eigenvalue weighted by atomic mass is 16.1. The average Bonchev–Trinajstić information content (AvgIpc) is 2.42. The molecular formula is C9H19N3O. The van der Waals surface area contributed by atoms with E-state index in [0.717, 1.165) is 19.5 Å². The van der Waals surface area contributed by atoms with E-state index in [4.69, 9.17) is 0 Å². The van der Waals surface area contributed by atoms with Crippen molar-refractivity contribution in [2.75, 3.05) is 26.7 Å². The molecule has 4 nitrogen and oxygen atoms in total. The van der Waals surface area contributed by atoms with Crippen LogP contribution < -0.4 is 16.0 Å². The summed E-state index contributed by atoms with van der Waals surface area (Å²) in [5.41, 5.74) is 0. The third-order valence-electron chi connectivity index (χ3n) is 2.41. The zero-order valence-corrected chi connectivity index (χ0v) is 8.23. The lowest BCUT2D eigenvalue weighted by Crippen LogP contribution is -2.38. The molecule has 4 heteroatoms. The molecular weight excluding hydrogens is 166 g/mol. The van der Waals surface area contributed by atoms with Crippen molar-refractivity contribution in [2.45, 2.75) is 25.3 Å². The van der Waals surface area contributed by atoms with Crippen molar-refractivity contribution in [2.24, 2.45) is 0 Å². The highest BCUT2D eigenvalue weighted by Crippen LogP contribution is 2.03. The molecule has 13 heavy (non-hydrogen) atoms. The van der Waals surface area contributed by atoms with Gasteiger partial charge in [0.2, 0.25) is 5.91 Å². The van der Waals surface area contributed by atoms with Crippen LogP contribution in [0, 0.1) is 0 Å². The Bertz CT molecular complexity index is 153. The van der Waals surface area contributed by atoms with Crippen molar-refractivity contribution in [3.8, 4) is 0 Å². The highest BCUT2D eigenvalue weighted by Gasteiger charge is 2.11. The number of carbonyl (C=O) groups is 1. The van der Waals surface area contributed by atoms with E-state index in [2.05, 4.69) is 16.0 Å². The Labute approximate surface area is 79.5 Å². The van der Waals surface area contributed by atoms with Gasteiger partial charge < -0.3 is 16.0 Å². The van der Waals surface area contributed by atoms with E-state index in [0.29, 0.717) is 12.6 Å². The number of hydrogen-bond acceptors (Lipinski definition) is 3. The number of likely N-dealkylation sites (N-methyl/N-ethyl adjacent to an activating group) is 1. The van der Waals surface area contributed by atoms with Gasteiger partial charge in [0.1, 0.15) is 0 Å². The molecule has 1 aliphatic rings. The van der Waals surface area contributed by atoms with Gasteiger partial charge in [-0.05, 0) is 32.4 Å². The topological polar surface area (TPSA) is 53.2 Å². The molecule has 76 valence electrons. The molecule has 0 aromatic heterocycles. The monoisotopic (exact) mass is 185 g/mol. The van der Waals surface area contributed by atoms with Gasteiger partial charge in [0.25, 0.3) is 0 Å². The Hall–Kier alpha value is -0.610. The summed E-state index contributed by atoms with van der Waals surface area (Å²) >= 11 is 0. The molecule has 1 heterocycles. The van der Waals surface area contributed by atoms with Crippen LogP contribution in [0.2, 0.25) is 0 Å². The number of nitrogens with one attached hydrogen (secondary N) is 3. The van der Waals surface area contributed by atoms with Crippen molar-refractivity contribution >= 4 is 5.91 Å². The van der Waals surface area contributed by atoms with Crippen molar-refractivity contribution in [1.29, 1.82) is 0 Å². The summed E-state index contributed by atoms with van der Waals surface area (Å²) in [6.45, 7) is 2.62. The van der Waals surface area contributed by atoms with Crippen LogP contribution in [0.5, 0.6) is 0 Å². The lowest BCUT2D eigenvalue weighted by atomic mass is 10.1. The minimum atomic E-state index is 0.0669. The van der Waals surface area contributed by atoms with Crippen LogP contribution in [0.15, 0.2) is 0 Å². The molecule has 0 aliphatic carbocycles. The van der Waals surface area contributed by atoms with E-state index < -0.39 is 0 Å². The predicted molar refractivity (Wildman–Crippen MR) is 52.6 cm³/mol. The zero-order chi connectivity index (χ0) is 9.52. The van der Waals surface area contributed by atoms with Gasteiger partial charge in [-0.3, -0.25) is 4.79 Å². The van der Waals surface area contributed by atoms with Gasteiger partial charge in [-0.15, -0.1) is 0 Å². The van der Waals surface area contributed by atoms with Gasteiger partial charge in [-0.2, -0.15) is 0 Å². The largest absolute Gasteiger partial charge is 0.358 e. The maximum absolute atomic E-state index is 11.0. The normalized spacial score (nSPS) is 23.6.